The molecule has 2 saturated carbocycles. The third kappa shape index (κ3) is 1.80. The molecule has 2 fully saturated rings. The first kappa shape index (κ1) is 8.52. The first-order valence-electron chi connectivity index (χ1n) is 5.14. The molecule has 0 heterocycles. The number of nitrogens with one attached hydrogen (secondary N) is 1. The zero-order valence-electron chi connectivity index (χ0n) is 7.84. The van der Waals surface area contributed by atoms with Gasteiger partial charge in [0.15, 0.2) is 0 Å². The molecule has 2 N–H and O–H groups in total. The molecule has 0 bridgehead atoms. The van der Waals surface area contributed by atoms with Gasteiger partial charge < -0.3 is 10.4 Å². The van der Waals surface area contributed by atoms with Gasteiger partial charge in [0, 0.05) is 12.6 Å². The van der Waals surface area contributed by atoms with Gasteiger partial charge in [-0.15, -0.1) is 0 Å². The minimum Gasteiger partial charge on any atom is -0.389 e. The molecule has 0 radical (unpaired) electrons. The summed E-state index contributed by atoms with van der Waals surface area (Å²) in [5.74, 6) is 0.559. The van der Waals surface area contributed by atoms with Crippen LogP contribution in [0.5, 0.6) is 0 Å². The van der Waals surface area contributed by atoms with Gasteiger partial charge in [0.2, 0.25) is 0 Å². The Balaban J connectivity index is 1.73. The third-order valence-electron chi connectivity index (χ3n) is 3.31. The Bertz CT molecular complexity index is 159. The fourth-order valence-corrected chi connectivity index (χ4v) is 1.81. The van der Waals surface area contributed by atoms with Crippen LogP contribution in [0.3, 0.4) is 0 Å². The van der Waals surface area contributed by atoms with Crippen molar-refractivity contribution in [3.8, 4) is 0 Å². The third-order valence-corrected chi connectivity index (χ3v) is 3.31. The molecular weight excluding hydrogens is 150 g/mol. The second-order valence-corrected chi connectivity index (χ2v) is 4.64. The minimum atomic E-state index is -0.444. The van der Waals surface area contributed by atoms with Crippen molar-refractivity contribution in [2.24, 2.45) is 5.92 Å². The predicted octanol–water partition coefficient (Wildman–Crippen LogP) is 1.29. The summed E-state index contributed by atoms with van der Waals surface area (Å²) in [5.41, 5.74) is -0.444. The summed E-state index contributed by atoms with van der Waals surface area (Å²) in [6.07, 6.45) is 6.37. The van der Waals surface area contributed by atoms with Crippen molar-refractivity contribution in [2.75, 3.05) is 6.54 Å². The van der Waals surface area contributed by atoms with E-state index in [1.54, 1.807) is 0 Å². The van der Waals surface area contributed by atoms with Crippen LogP contribution in [0.4, 0.5) is 0 Å². The van der Waals surface area contributed by atoms with E-state index in [2.05, 4.69) is 5.32 Å². The smallest absolute Gasteiger partial charge is 0.0771 e. The molecule has 2 aliphatic rings. The predicted molar refractivity (Wildman–Crippen MR) is 49.0 cm³/mol. The summed E-state index contributed by atoms with van der Waals surface area (Å²) in [6, 6.07) is 0.719. The van der Waals surface area contributed by atoms with E-state index < -0.39 is 5.60 Å². The molecule has 1 atom stereocenters. The van der Waals surface area contributed by atoms with Gasteiger partial charge in [0.05, 0.1) is 5.60 Å². The van der Waals surface area contributed by atoms with Gasteiger partial charge in [-0.2, -0.15) is 0 Å². The zero-order chi connectivity index (χ0) is 8.60. The Kier molecular flexibility index (Phi) is 2.13. The molecule has 0 aromatic heterocycles. The van der Waals surface area contributed by atoms with E-state index >= 15 is 0 Å². The molecule has 70 valence electrons. The summed E-state index contributed by atoms with van der Waals surface area (Å²) < 4.78 is 0. The van der Waals surface area contributed by atoms with Gasteiger partial charge in [-0.25, -0.2) is 0 Å². The lowest BCUT2D eigenvalue weighted by atomic mass is 9.74. The highest BCUT2D eigenvalue weighted by atomic mass is 16.3. The van der Waals surface area contributed by atoms with Gasteiger partial charge >= 0.3 is 0 Å². The Morgan fingerprint density at radius 2 is 2.00 bits per heavy atom. The minimum absolute atomic E-state index is 0.444. The van der Waals surface area contributed by atoms with Crippen molar-refractivity contribution in [3.05, 3.63) is 0 Å². The van der Waals surface area contributed by atoms with Crippen LogP contribution in [0, 0.1) is 5.92 Å². The normalized spacial score (nSPS) is 29.5. The van der Waals surface area contributed by atoms with Crippen LogP contribution in [0.1, 0.15) is 39.0 Å². The monoisotopic (exact) mass is 169 g/mol. The van der Waals surface area contributed by atoms with Crippen LogP contribution in [0.25, 0.3) is 0 Å². The van der Waals surface area contributed by atoms with E-state index in [0.717, 1.165) is 12.6 Å². The molecule has 0 aromatic carbocycles. The molecule has 2 aliphatic carbocycles. The molecule has 2 rings (SSSR count). The lowest BCUT2D eigenvalue weighted by molar-refractivity contribution is -0.0332. The maximum Gasteiger partial charge on any atom is 0.0771 e. The largest absolute Gasteiger partial charge is 0.389 e. The summed E-state index contributed by atoms with van der Waals surface area (Å²) >= 11 is 0. The average molecular weight is 169 g/mol. The highest BCUT2D eigenvalue weighted by Gasteiger charge is 2.36. The fourth-order valence-electron chi connectivity index (χ4n) is 1.81. The van der Waals surface area contributed by atoms with Gasteiger partial charge in [-0.1, -0.05) is 6.42 Å². The Morgan fingerprint density at radius 3 is 2.42 bits per heavy atom. The average Bonchev–Trinajstić information content (AvgIpc) is 2.59. The molecular formula is C10H19NO. The Morgan fingerprint density at radius 1 is 1.33 bits per heavy atom. The second-order valence-electron chi connectivity index (χ2n) is 4.64. The van der Waals surface area contributed by atoms with E-state index in [9.17, 15) is 5.11 Å². The lowest BCUT2D eigenvalue weighted by Gasteiger charge is -2.39. The molecule has 12 heavy (non-hydrogen) atoms. The molecule has 2 nitrogen and oxygen atoms in total. The Labute approximate surface area is 74.4 Å². The Hall–Kier alpha value is -0.0800. The molecule has 0 aliphatic heterocycles. The van der Waals surface area contributed by atoms with Gasteiger partial charge in [-0.3, -0.25) is 0 Å². The van der Waals surface area contributed by atoms with Crippen molar-refractivity contribution < 1.29 is 5.11 Å². The fraction of sp³-hybridized carbons (Fsp3) is 1.00. The van der Waals surface area contributed by atoms with E-state index in [0.29, 0.717) is 5.92 Å². The molecule has 0 saturated heterocycles. The molecule has 0 amide bonds. The molecule has 0 spiro atoms. The van der Waals surface area contributed by atoms with Crippen LogP contribution < -0.4 is 5.32 Å². The highest BCUT2D eigenvalue weighted by molar-refractivity contribution is 4.92. The second kappa shape index (κ2) is 3.00. The van der Waals surface area contributed by atoms with Crippen molar-refractivity contribution >= 4 is 0 Å². The summed E-state index contributed by atoms with van der Waals surface area (Å²) in [7, 11) is 0. The summed E-state index contributed by atoms with van der Waals surface area (Å²) in [6.45, 7) is 2.77. The van der Waals surface area contributed by atoms with Gasteiger partial charge in [0.25, 0.3) is 0 Å². The molecule has 2 heteroatoms. The van der Waals surface area contributed by atoms with Crippen LogP contribution in [-0.4, -0.2) is 23.3 Å². The quantitative estimate of drug-likeness (QED) is 0.664. The number of hydrogen-bond acceptors (Lipinski definition) is 2. The van der Waals surface area contributed by atoms with Crippen LogP contribution >= 0.6 is 0 Å². The number of aliphatic hydroxyl groups is 1. The number of rotatable bonds is 4. The number of hydrogen-bond donors (Lipinski definition) is 2. The van der Waals surface area contributed by atoms with Crippen molar-refractivity contribution in [2.45, 2.75) is 50.7 Å². The first-order valence-corrected chi connectivity index (χ1v) is 5.14. The van der Waals surface area contributed by atoms with E-state index in [-0.39, 0.29) is 0 Å². The zero-order valence-corrected chi connectivity index (χ0v) is 7.84. The van der Waals surface area contributed by atoms with Crippen molar-refractivity contribution in [3.63, 3.8) is 0 Å². The highest BCUT2D eigenvalue weighted by Crippen LogP contribution is 2.36. The topological polar surface area (TPSA) is 32.3 Å². The maximum absolute atomic E-state index is 10.0. The van der Waals surface area contributed by atoms with Crippen molar-refractivity contribution in [1.29, 1.82) is 0 Å². The van der Waals surface area contributed by atoms with Gasteiger partial charge in [-0.05, 0) is 38.5 Å². The lowest BCUT2D eigenvalue weighted by Crippen LogP contribution is -2.47. The summed E-state index contributed by atoms with van der Waals surface area (Å²) in [5, 5.41) is 13.4. The molecule has 1 unspecified atom stereocenters. The van der Waals surface area contributed by atoms with E-state index in [4.69, 9.17) is 0 Å². The molecule has 0 aromatic rings. The van der Waals surface area contributed by atoms with E-state index in [1.807, 2.05) is 6.92 Å². The maximum atomic E-state index is 10.0. The van der Waals surface area contributed by atoms with Crippen LogP contribution in [0.15, 0.2) is 0 Å². The van der Waals surface area contributed by atoms with Crippen molar-refractivity contribution in [1.82, 2.24) is 5.32 Å². The van der Waals surface area contributed by atoms with E-state index in [1.165, 1.54) is 32.1 Å². The van der Waals surface area contributed by atoms with Gasteiger partial charge in [0.1, 0.15) is 0 Å². The summed E-state index contributed by atoms with van der Waals surface area (Å²) in [4.78, 5) is 0. The van der Waals surface area contributed by atoms with Crippen LogP contribution in [0.2, 0.25) is 0 Å². The first-order chi connectivity index (χ1) is 5.68. The standard InChI is InChI=1S/C10H19NO/c1-10(12,8-3-2-4-8)7-11-9-5-6-9/h8-9,11-12H,2-7H2,1H3. The SMILES string of the molecule is CC(O)(CNC1CC1)C1CCC1. The van der Waals surface area contributed by atoms with Crippen LogP contribution in [-0.2, 0) is 0 Å².